The van der Waals surface area contributed by atoms with E-state index in [4.69, 9.17) is 4.74 Å². The molecular formula is C13H14O3. The minimum atomic E-state index is -0.797. The van der Waals surface area contributed by atoms with Gasteiger partial charge < -0.3 is 9.84 Å². The first-order valence-electron chi connectivity index (χ1n) is 5.36. The van der Waals surface area contributed by atoms with Crippen LogP contribution in [0.2, 0.25) is 0 Å². The second-order valence-corrected chi connectivity index (χ2v) is 3.71. The maximum absolute atomic E-state index is 11.8. The van der Waals surface area contributed by atoms with Gasteiger partial charge in [-0.15, -0.1) is 0 Å². The second-order valence-electron chi connectivity index (χ2n) is 3.71. The lowest BCUT2D eigenvalue weighted by molar-refractivity contribution is -0.147. The molecule has 3 heteroatoms. The number of aliphatic hydroxyl groups excluding tert-OH is 1. The van der Waals surface area contributed by atoms with Crippen LogP contribution in [-0.4, -0.2) is 23.8 Å². The highest BCUT2D eigenvalue weighted by Crippen LogP contribution is 2.30. The van der Waals surface area contributed by atoms with Crippen molar-refractivity contribution in [1.29, 1.82) is 0 Å². The standard InChI is InChI=1S/C13H14O3/c1-2-16-13(15)12-10-6-4-3-5-9(10)7-8-11(12)14/h3-8,11-12,14H,2H2,1H3. The van der Waals surface area contributed by atoms with Crippen molar-refractivity contribution in [3.05, 3.63) is 41.5 Å². The molecule has 1 aliphatic carbocycles. The van der Waals surface area contributed by atoms with Crippen molar-refractivity contribution in [3.8, 4) is 0 Å². The molecule has 1 N–H and O–H groups in total. The Labute approximate surface area is 94.4 Å². The number of esters is 1. The fourth-order valence-corrected chi connectivity index (χ4v) is 1.94. The summed E-state index contributed by atoms with van der Waals surface area (Å²) in [6, 6.07) is 7.54. The summed E-state index contributed by atoms with van der Waals surface area (Å²) in [4.78, 5) is 11.8. The monoisotopic (exact) mass is 218 g/mol. The van der Waals surface area contributed by atoms with E-state index in [1.54, 1.807) is 13.0 Å². The molecule has 0 spiro atoms. The van der Waals surface area contributed by atoms with Gasteiger partial charge in [-0.3, -0.25) is 4.79 Å². The van der Waals surface area contributed by atoms with Gasteiger partial charge in [0.05, 0.1) is 12.7 Å². The van der Waals surface area contributed by atoms with Crippen LogP contribution in [0, 0.1) is 0 Å². The third kappa shape index (κ3) is 1.86. The number of benzene rings is 1. The fourth-order valence-electron chi connectivity index (χ4n) is 1.94. The quantitative estimate of drug-likeness (QED) is 0.769. The van der Waals surface area contributed by atoms with Crippen molar-refractivity contribution in [3.63, 3.8) is 0 Å². The Bertz CT molecular complexity index is 423. The normalized spacial score (nSPS) is 22.6. The summed E-state index contributed by atoms with van der Waals surface area (Å²) in [7, 11) is 0. The summed E-state index contributed by atoms with van der Waals surface area (Å²) in [5.74, 6) is -0.965. The molecule has 0 saturated carbocycles. The predicted octanol–water partition coefficient (Wildman–Crippen LogP) is 1.72. The summed E-state index contributed by atoms with van der Waals surface area (Å²) in [6.07, 6.45) is 2.66. The number of rotatable bonds is 2. The van der Waals surface area contributed by atoms with Gasteiger partial charge in [0.15, 0.2) is 0 Å². The molecule has 0 radical (unpaired) electrons. The van der Waals surface area contributed by atoms with Crippen LogP contribution in [0.3, 0.4) is 0 Å². The smallest absolute Gasteiger partial charge is 0.316 e. The van der Waals surface area contributed by atoms with E-state index in [0.29, 0.717) is 6.61 Å². The summed E-state index contributed by atoms with van der Waals surface area (Å²) in [5, 5.41) is 9.83. The zero-order valence-electron chi connectivity index (χ0n) is 9.09. The van der Waals surface area contributed by atoms with Crippen molar-refractivity contribution in [1.82, 2.24) is 0 Å². The van der Waals surface area contributed by atoms with Crippen LogP contribution in [0.5, 0.6) is 0 Å². The van der Waals surface area contributed by atoms with E-state index in [-0.39, 0.29) is 5.97 Å². The lowest BCUT2D eigenvalue weighted by Crippen LogP contribution is -2.29. The molecule has 0 saturated heterocycles. The molecule has 0 aliphatic heterocycles. The predicted molar refractivity (Wildman–Crippen MR) is 60.9 cm³/mol. The maximum atomic E-state index is 11.8. The van der Waals surface area contributed by atoms with E-state index in [9.17, 15) is 9.90 Å². The lowest BCUT2D eigenvalue weighted by atomic mass is 9.85. The highest BCUT2D eigenvalue weighted by Gasteiger charge is 2.31. The first-order valence-corrected chi connectivity index (χ1v) is 5.36. The number of aliphatic hydroxyl groups is 1. The van der Waals surface area contributed by atoms with Crippen molar-refractivity contribution >= 4 is 12.0 Å². The van der Waals surface area contributed by atoms with Crippen molar-refractivity contribution < 1.29 is 14.6 Å². The summed E-state index contributed by atoms with van der Waals surface area (Å²) in [6.45, 7) is 2.09. The molecule has 0 aromatic heterocycles. The highest BCUT2D eigenvalue weighted by atomic mass is 16.5. The molecule has 0 heterocycles. The third-order valence-electron chi connectivity index (χ3n) is 2.69. The molecule has 3 nitrogen and oxygen atoms in total. The SMILES string of the molecule is CCOC(=O)C1c2ccccc2C=CC1O. The van der Waals surface area contributed by atoms with Crippen molar-refractivity contribution in [2.75, 3.05) is 6.61 Å². The molecule has 2 unspecified atom stereocenters. The Balaban J connectivity index is 2.37. The lowest BCUT2D eigenvalue weighted by Gasteiger charge is -2.24. The number of hydrogen-bond acceptors (Lipinski definition) is 3. The molecule has 1 aromatic rings. The largest absolute Gasteiger partial charge is 0.465 e. The Morgan fingerprint density at radius 1 is 1.44 bits per heavy atom. The average Bonchev–Trinajstić information content (AvgIpc) is 2.29. The zero-order chi connectivity index (χ0) is 11.5. The van der Waals surface area contributed by atoms with E-state index in [2.05, 4.69) is 0 Å². The molecule has 16 heavy (non-hydrogen) atoms. The van der Waals surface area contributed by atoms with Gasteiger partial charge in [-0.2, -0.15) is 0 Å². The van der Waals surface area contributed by atoms with Crippen LogP contribution >= 0.6 is 0 Å². The molecule has 0 amide bonds. The first kappa shape index (κ1) is 10.9. The molecule has 1 aliphatic rings. The second kappa shape index (κ2) is 4.49. The molecule has 0 bridgehead atoms. The fraction of sp³-hybridized carbons (Fsp3) is 0.308. The van der Waals surface area contributed by atoms with Crippen molar-refractivity contribution in [2.24, 2.45) is 0 Å². The van der Waals surface area contributed by atoms with Crippen LogP contribution in [0.25, 0.3) is 6.08 Å². The Morgan fingerprint density at radius 2 is 2.19 bits per heavy atom. The number of carbonyl (C=O) groups is 1. The molecule has 2 rings (SSSR count). The average molecular weight is 218 g/mol. The van der Waals surface area contributed by atoms with Gasteiger partial charge >= 0.3 is 5.97 Å². The molecule has 1 aromatic carbocycles. The molecule has 0 fully saturated rings. The minimum Gasteiger partial charge on any atom is -0.465 e. The van der Waals surface area contributed by atoms with Gasteiger partial charge in [0.1, 0.15) is 5.92 Å². The van der Waals surface area contributed by atoms with Crippen LogP contribution in [-0.2, 0) is 9.53 Å². The van der Waals surface area contributed by atoms with Gasteiger partial charge in [-0.1, -0.05) is 36.4 Å². The number of fused-ring (bicyclic) bond motifs is 1. The summed E-state index contributed by atoms with van der Waals surface area (Å²) >= 11 is 0. The van der Waals surface area contributed by atoms with Crippen LogP contribution < -0.4 is 0 Å². The summed E-state index contributed by atoms with van der Waals surface area (Å²) < 4.78 is 4.98. The minimum absolute atomic E-state index is 0.327. The summed E-state index contributed by atoms with van der Waals surface area (Å²) in [5.41, 5.74) is 1.79. The van der Waals surface area contributed by atoms with Crippen LogP contribution in [0.15, 0.2) is 30.3 Å². The topological polar surface area (TPSA) is 46.5 Å². The van der Waals surface area contributed by atoms with Crippen molar-refractivity contribution in [2.45, 2.75) is 18.9 Å². The van der Waals surface area contributed by atoms with E-state index < -0.39 is 12.0 Å². The van der Waals surface area contributed by atoms with Gasteiger partial charge in [0.2, 0.25) is 0 Å². The molecule has 2 atom stereocenters. The number of ether oxygens (including phenoxy) is 1. The number of hydrogen-bond donors (Lipinski definition) is 1. The van der Waals surface area contributed by atoms with Crippen LogP contribution in [0.1, 0.15) is 24.0 Å². The van der Waals surface area contributed by atoms with Crippen LogP contribution in [0.4, 0.5) is 0 Å². The van der Waals surface area contributed by atoms with E-state index in [1.165, 1.54) is 0 Å². The van der Waals surface area contributed by atoms with E-state index in [1.807, 2.05) is 30.3 Å². The Kier molecular flexibility index (Phi) is 3.06. The highest BCUT2D eigenvalue weighted by molar-refractivity contribution is 5.82. The first-order chi connectivity index (χ1) is 7.74. The number of carbonyl (C=O) groups excluding carboxylic acids is 1. The maximum Gasteiger partial charge on any atom is 0.316 e. The molecular weight excluding hydrogens is 204 g/mol. The molecule has 84 valence electrons. The van der Waals surface area contributed by atoms with Gasteiger partial charge in [0, 0.05) is 0 Å². The van der Waals surface area contributed by atoms with Gasteiger partial charge in [-0.25, -0.2) is 0 Å². The third-order valence-corrected chi connectivity index (χ3v) is 2.69. The van der Waals surface area contributed by atoms with E-state index in [0.717, 1.165) is 11.1 Å². The van der Waals surface area contributed by atoms with E-state index >= 15 is 0 Å². The Hall–Kier alpha value is -1.61. The zero-order valence-corrected chi connectivity index (χ0v) is 9.09. The Morgan fingerprint density at radius 3 is 2.94 bits per heavy atom. The van der Waals surface area contributed by atoms with Gasteiger partial charge in [-0.05, 0) is 18.1 Å². The van der Waals surface area contributed by atoms with Gasteiger partial charge in [0.25, 0.3) is 0 Å².